The summed E-state index contributed by atoms with van der Waals surface area (Å²) in [5.74, 6) is -0.836. The van der Waals surface area contributed by atoms with Crippen molar-refractivity contribution in [2.45, 2.75) is 17.0 Å². The molecule has 0 aliphatic carbocycles. The van der Waals surface area contributed by atoms with Crippen LogP contribution in [0.1, 0.15) is 15.9 Å². The summed E-state index contributed by atoms with van der Waals surface area (Å²) in [5.41, 5.74) is -4.76. The molecule has 0 bridgehead atoms. The van der Waals surface area contributed by atoms with Crippen LogP contribution in [0.5, 0.6) is 0 Å². The van der Waals surface area contributed by atoms with Crippen molar-refractivity contribution >= 4 is 37.4 Å². The predicted octanol–water partition coefficient (Wildman–Crippen LogP) is 3.34. The topological polar surface area (TPSA) is 67.3 Å². The van der Waals surface area contributed by atoms with Gasteiger partial charge in [0.15, 0.2) is 5.03 Å². The molecule has 2 heterocycles. The number of alkyl halides is 3. The molecule has 1 aliphatic heterocycles. The molecule has 5 nitrogen and oxygen atoms in total. The number of hydrogen-bond donors (Lipinski definition) is 0. The standard InChI is InChI=1S/C15H10BrF3N2O3S/c16-10-3-4-12-9(8-10)5-7-21(12)14(22)11-2-1-6-20-13(11)25(23,24)15(17,18)19/h1-4,6,8H,5,7H2. The van der Waals surface area contributed by atoms with E-state index in [1.807, 2.05) is 0 Å². The summed E-state index contributed by atoms with van der Waals surface area (Å²) in [6.45, 7) is 0.241. The van der Waals surface area contributed by atoms with E-state index in [0.717, 1.165) is 22.3 Å². The zero-order chi connectivity index (χ0) is 18.4. The van der Waals surface area contributed by atoms with Gasteiger partial charge in [-0.1, -0.05) is 15.9 Å². The van der Waals surface area contributed by atoms with E-state index in [-0.39, 0.29) is 6.54 Å². The smallest absolute Gasteiger partial charge is 0.308 e. The summed E-state index contributed by atoms with van der Waals surface area (Å²) < 4.78 is 62.8. The number of aromatic nitrogens is 1. The number of anilines is 1. The molecule has 0 spiro atoms. The quantitative estimate of drug-likeness (QED) is 0.726. The first-order chi connectivity index (χ1) is 11.6. The van der Waals surface area contributed by atoms with Gasteiger partial charge in [-0.2, -0.15) is 13.2 Å². The first-order valence-electron chi connectivity index (χ1n) is 6.99. The van der Waals surface area contributed by atoms with Gasteiger partial charge in [-0.15, -0.1) is 0 Å². The average Bonchev–Trinajstić information content (AvgIpc) is 2.96. The lowest BCUT2D eigenvalue weighted by molar-refractivity contribution is -0.0438. The Morgan fingerprint density at radius 1 is 1.24 bits per heavy atom. The minimum Gasteiger partial charge on any atom is -0.308 e. The third kappa shape index (κ3) is 3.04. The summed E-state index contributed by atoms with van der Waals surface area (Å²) in [6.07, 6.45) is 1.42. The molecule has 1 aliphatic rings. The van der Waals surface area contributed by atoms with Crippen LogP contribution in [0, 0.1) is 0 Å². The van der Waals surface area contributed by atoms with E-state index in [1.165, 1.54) is 11.0 Å². The van der Waals surface area contributed by atoms with Crippen LogP contribution in [-0.4, -0.2) is 31.4 Å². The van der Waals surface area contributed by atoms with E-state index in [4.69, 9.17) is 0 Å². The van der Waals surface area contributed by atoms with Gasteiger partial charge >= 0.3 is 5.51 Å². The molecular weight excluding hydrogens is 425 g/mol. The monoisotopic (exact) mass is 434 g/mol. The van der Waals surface area contributed by atoms with Gasteiger partial charge in [0.1, 0.15) is 0 Å². The molecule has 0 saturated heterocycles. The van der Waals surface area contributed by atoms with Gasteiger partial charge in [0.2, 0.25) is 0 Å². The number of carbonyl (C=O) groups is 1. The van der Waals surface area contributed by atoms with Crippen molar-refractivity contribution in [1.82, 2.24) is 4.98 Å². The second kappa shape index (κ2) is 6.10. The minimum absolute atomic E-state index is 0.241. The SMILES string of the molecule is O=C(c1cccnc1S(=O)(=O)C(F)(F)F)N1CCc2cc(Br)ccc21. The Bertz CT molecular complexity index is 961. The third-order valence-electron chi connectivity index (χ3n) is 3.74. The zero-order valence-corrected chi connectivity index (χ0v) is 14.8. The maximum atomic E-state index is 12.9. The molecule has 132 valence electrons. The maximum absolute atomic E-state index is 12.9. The van der Waals surface area contributed by atoms with E-state index in [2.05, 4.69) is 20.9 Å². The number of pyridine rings is 1. The fourth-order valence-electron chi connectivity index (χ4n) is 2.60. The first-order valence-corrected chi connectivity index (χ1v) is 9.27. The second-order valence-corrected chi connectivity index (χ2v) is 8.06. The molecular formula is C15H10BrF3N2O3S. The van der Waals surface area contributed by atoms with Crippen molar-refractivity contribution in [2.75, 3.05) is 11.4 Å². The maximum Gasteiger partial charge on any atom is 0.503 e. The van der Waals surface area contributed by atoms with Crippen molar-refractivity contribution in [3.63, 3.8) is 0 Å². The van der Waals surface area contributed by atoms with Crippen molar-refractivity contribution in [1.29, 1.82) is 0 Å². The predicted molar refractivity (Wildman–Crippen MR) is 87.0 cm³/mol. The third-order valence-corrected chi connectivity index (χ3v) is 5.68. The Hall–Kier alpha value is -1.94. The number of carbonyl (C=O) groups excluding carboxylic acids is 1. The fraction of sp³-hybridized carbons (Fsp3) is 0.200. The molecule has 0 atom stereocenters. The summed E-state index contributed by atoms with van der Waals surface area (Å²) in [7, 11) is -5.73. The lowest BCUT2D eigenvalue weighted by Gasteiger charge is -2.19. The lowest BCUT2D eigenvalue weighted by atomic mass is 10.2. The van der Waals surface area contributed by atoms with Gasteiger partial charge in [0.05, 0.1) is 5.56 Å². The molecule has 0 N–H and O–H groups in total. The summed E-state index contributed by atoms with van der Waals surface area (Å²) in [6, 6.07) is 7.41. The molecule has 3 rings (SSSR count). The zero-order valence-electron chi connectivity index (χ0n) is 12.4. The van der Waals surface area contributed by atoms with Crippen molar-refractivity contribution in [2.24, 2.45) is 0 Å². The Kier molecular flexibility index (Phi) is 4.36. The number of hydrogen-bond acceptors (Lipinski definition) is 4. The summed E-state index contributed by atoms with van der Waals surface area (Å²) >= 11 is 3.31. The number of amides is 1. The molecule has 0 saturated carbocycles. The van der Waals surface area contributed by atoms with Crippen molar-refractivity contribution < 1.29 is 26.4 Å². The normalized spacial score (nSPS) is 14.5. The number of nitrogens with zero attached hydrogens (tertiary/aromatic N) is 2. The van der Waals surface area contributed by atoms with Crippen LogP contribution in [0.25, 0.3) is 0 Å². The lowest BCUT2D eigenvalue weighted by Crippen LogP contribution is -2.32. The Morgan fingerprint density at radius 2 is 1.96 bits per heavy atom. The fourth-order valence-corrected chi connectivity index (χ4v) is 3.88. The van der Waals surface area contributed by atoms with Gasteiger partial charge in [0, 0.05) is 22.9 Å². The average molecular weight is 435 g/mol. The Balaban J connectivity index is 2.07. The highest BCUT2D eigenvalue weighted by Gasteiger charge is 2.50. The molecule has 1 aromatic heterocycles. The molecule has 2 aromatic rings. The number of halogens is 4. The number of benzene rings is 1. The van der Waals surface area contributed by atoms with E-state index in [9.17, 15) is 26.4 Å². The number of fused-ring (bicyclic) bond motifs is 1. The molecule has 25 heavy (non-hydrogen) atoms. The highest BCUT2D eigenvalue weighted by atomic mass is 79.9. The molecule has 0 radical (unpaired) electrons. The summed E-state index contributed by atoms with van der Waals surface area (Å²) in [4.78, 5) is 17.3. The van der Waals surface area contributed by atoms with Gasteiger partial charge in [-0.3, -0.25) is 4.79 Å². The van der Waals surface area contributed by atoms with Crippen LogP contribution < -0.4 is 4.90 Å². The molecule has 0 unspecified atom stereocenters. The van der Waals surface area contributed by atoms with E-state index >= 15 is 0 Å². The van der Waals surface area contributed by atoms with Gasteiger partial charge in [-0.05, 0) is 42.3 Å². The van der Waals surface area contributed by atoms with Crippen LogP contribution in [0.4, 0.5) is 18.9 Å². The highest BCUT2D eigenvalue weighted by molar-refractivity contribution is 9.10. The van der Waals surface area contributed by atoms with Crippen LogP contribution in [-0.2, 0) is 16.3 Å². The second-order valence-electron chi connectivity index (χ2n) is 5.29. The molecule has 1 aromatic carbocycles. The minimum atomic E-state index is -5.73. The largest absolute Gasteiger partial charge is 0.503 e. The number of rotatable bonds is 2. The van der Waals surface area contributed by atoms with Gasteiger partial charge in [-0.25, -0.2) is 13.4 Å². The molecule has 10 heteroatoms. The van der Waals surface area contributed by atoms with Crippen LogP contribution in [0.3, 0.4) is 0 Å². The molecule has 1 amide bonds. The Morgan fingerprint density at radius 3 is 2.64 bits per heavy atom. The Labute approximate surface area is 149 Å². The molecule has 0 fully saturated rings. The van der Waals surface area contributed by atoms with Gasteiger partial charge in [0.25, 0.3) is 15.7 Å². The van der Waals surface area contributed by atoms with Crippen molar-refractivity contribution in [3.8, 4) is 0 Å². The van der Waals surface area contributed by atoms with E-state index < -0.39 is 31.8 Å². The van der Waals surface area contributed by atoms with E-state index in [1.54, 1.807) is 18.2 Å². The highest BCUT2D eigenvalue weighted by Crippen LogP contribution is 2.34. The van der Waals surface area contributed by atoms with Crippen LogP contribution >= 0.6 is 15.9 Å². The van der Waals surface area contributed by atoms with Crippen LogP contribution in [0.15, 0.2) is 46.0 Å². The van der Waals surface area contributed by atoms with E-state index in [0.29, 0.717) is 12.1 Å². The number of sulfone groups is 1. The van der Waals surface area contributed by atoms with Gasteiger partial charge < -0.3 is 4.90 Å². The first kappa shape index (κ1) is 17.9. The van der Waals surface area contributed by atoms with Crippen LogP contribution in [0.2, 0.25) is 0 Å². The van der Waals surface area contributed by atoms with Crippen molar-refractivity contribution in [3.05, 3.63) is 52.1 Å². The summed E-state index contributed by atoms with van der Waals surface area (Å²) in [5, 5.41) is -1.28.